The summed E-state index contributed by atoms with van der Waals surface area (Å²) in [5, 5.41) is 30.2. The van der Waals surface area contributed by atoms with Crippen LogP contribution in [0.5, 0.6) is 0 Å². The summed E-state index contributed by atoms with van der Waals surface area (Å²) >= 11 is 0. The van der Waals surface area contributed by atoms with E-state index in [1.54, 1.807) is 6.92 Å². The largest absolute Gasteiger partial charge is 0.396 e. The van der Waals surface area contributed by atoms with Gasteiger partial charge >= 0.3 is 0 Å². The molecule has 3 atom stereocenters. The lowest BCUT2D eigenvalue weighted by Crippen LogP contribution is -2.46. The van der Waals surface area contributed by atoms with E-state index in [1.807, 2.05) is 0 Å². The van der Waals surface area contributed by atoms with E-state index in [4.69, 9.17) is 10.2 Å². The van der Waals surface area contributed by atoms with Crippen molar-refractivity contribution in [3.05, 3.63) is 0 Å². The summed E-state index contributed by atoms with van der Waals surface area (Å²) in [5.41, 5.74) is -0.520. The predicted octanol–water partition coefficient (Wildman–Crippen LogP) is -1.55. The number of β-amino-alcohol motifs (C(OH)–C–C–N with tert-alkyl or cyclic N) is 1. The molecule has 1 saturated heterocycles. The first kappa shape index (κ1) is 8.93. The normalized spacial score (nSPS) is 44.7. The van der Waals surface area contributed by atoms with Crippen molar-refractivity contribution in [2.75, 3.05) is 13.2 Å². The Morgan fingerprint density at radius 3 is 2.55 bits per heavy atom. The Kier molecular flexibility index (Phi) is 2.49. The zero-order valence-corrected chi connectivity index (χ0v) is 6.62. The zero-order valence-electron chi connectivity index (χ0n) is 6.62. The van der Waals surface area contributed by atoms with E-state index in [0.717, 1.165) is 0 Å². The maximum Gasteiger partial charge on any atom is 0.0990 e. The molecule has 4 nitrogen and oxygen atoms in total. The van der Waals surface area contributed by atoms with Gasteiger partial charge in [-0.25, -0.2) is 0 Å². The molecule has 0 bridgehead atoms. The van der Waals surface area contributed by atoms with Gasteiger partial charge in [-0.05, 0) is 13.3 Å². The van der Waals surface area contributed by atoms with Crippen molar-refractivity contribution in [2.45, 2.75) is 31.1 Å². The third-order valence-electron chi connectivity index (χ3n) is 2.36. The second-order valence-electron chi connectivity index (χ2n) is 3.28. The molecule has 0 radical (unpaired) electrons. The Bertz CT molecular complexity index is 138. The summed E-state index contributed by atoms with van der Waals surface area (Å²) in [6, 6.07) is 0. The molecule has 4 N–H and O–H groups in total. The highest BCUT2D eigenvalue weighted by Crippen LogP contribution is 2.22. The lowest BCUT2D eigenvalue weighted by molar-refractivity contribution is 0.00882. The van der Waals surface area contributed by atoms with Gasteiger partial charge in [0.05, 0.1) is 12.2 Å². The van der Waals surface area contributed by atoms with Gasteiger partial charge in [-0.15, -0.1) is 0 Å². The molecule has 66 valence electrons. The second kappa shape index (κ2) is 3.06. The van der Waals surface area contributed by atoms with Crippen LogP contribution in [0.25, 0.3) is 0 Å². The van der Waals surface area contributed by atoms with Crippen LogP contribution < -0.4 is 5.32 Å². The van der Waals surface area contributed by atoms with Crippen LogP contribution in [0.2, 0.25) is 0 Å². The van der Waals surface area contributed by atoms with Gasteiger partial charge in [0.1, 0.15) is 0 Å². The molecule has 0 aromatic heterocycles. The van der Waals surface area contributed by atoms with Gasteiger partial charge in [0.2, 0.25) is 0 Å². The Morgan fingerprint density at radius 2 is 2.18 bits per heavy atom. The van der Waals surface area contributed by atoms with Crippen molar-refractivity contribution in [3.8, 4) is 0 Å². The van der Waals surface area contributed by atoms with E-state index < -0.39 is 17.7 Å². The summed E-state index contributed by atoms with van der Waals surface area (Å²) in [4.78, 5) is 0. The number of aliphatic hydroxyl groups excluding tert-OH is 3. The first-order valence-corrected chi connectivity index (χ1v) is 3.82. The molecule has 0 amide bonds. The molecule has 1 aliphatic heterocycles. The zero-order chi connectivity index (χ0) is 8.48. The molecule has 0 spiro atoms. The molecule has 1 fully saturated rings. The van der Waals surface area contributed by atoms with Crippen LogP contribution in [-0.4, -0.2) is 46.2 Å². The van der Waals surface area contributed by atoms with Crippen LogP contribution in [0.3, 0.4) is 0 Å². The highest BCUT2D eigenvalue weighted by atomic mass is 16.3. The van der Waals surface area contributed by atoms with Crippen LogP contribution in [0.4, 0.5) is 0 Å². The molecule has 0 unspecified atom stereocenters. The average molecular weight is 161 g/mol. The number of hydrogen-bond acceptors (Lipinski definition) is 4. The van der Waals surface area contributed by atoms with Crippen LogP contribution in [0.15, 0.2) is 0 Å². The van der Waals surface area contributed by atoms with E-state index in [2.05, 4.69) is 5.32 Å². The highest BCUT2D eigenvalue weighted by molar-refractivity contribution is 5.01. The van der Waals surface area contributed by atoms with Crippen molar-refractivity contribution >= 4 is 0 Å². The molecule has 0 aromatic carbocycles. The molecule has 11 heavy (non-hydrogen) atoms. The highest BCUT2D eigenvalue weighted by Gasteiger charge is 2.42. The maximum absolute atomic E-state index is 9.42. The van der Waals surface area contributed by atoms with Gasteiger partial charge in [0, 0.05) is 18.7 Å². The topological polar surface area (TPSA) is 72.7 Å². The third-order valence-corrected chi connectivity index (χ3v) is 2.36. The molecular formula is C7H15NO3. The quantitative estimate of drug-likeness (QED) is 0.396. The summed E-state index contributed by atoms with van der Waals surface area (Å²) < 4.78 is 0. The Hall–Kier alpha value is -0.160. The van der Waals surface area contributed by atoms with Gasteiger partial charge < -0.3 is 20.6 Å². The minimum Gasteiger partial charge on any atom is -0.396 e. The van der Waals surface area contributed by atoms with Crippen molar-refractivity contribution in [3.63, 3.8) is 0 Å². The van der Waals surface area contributed by atoms with E-state index >= 15 is 0 Å². The van der Waals surface area contributed by atoms with Gasteiger partial charge in [-0.2, -0.15) is 0 Å². The van der Waals surface area contributed by atoms with Gasteiger partial charge in [0.25, 0.3) is 0 Å². The van der Waals surface area contributed by atoms with Crippen LogP contribution >= 0.6 is 0 Å². The second-order valence-corrected chi connectivity index (χ2v) is 3.28. The number of nitrogens with one attached hydrogen (secondary N) is 1. The fourth-order valence-corrected chi connectivity index (χ4v) is 1.45. The van der Waals surface area contributed by atoms with Crippen molar-refractivity contribution in [1.29, 1.82) is 0 Å². The SMILES string of the molecule is C[C@@]1(CCO)NC[C@@H](O)[C@H]1O. The third kappa shape index (κ3) is 1.54. The van der Waals surface area contributed by atoms with Crippen molar-refractivity contribution in [2.24, 2.45) is 0 Å². The molecule has 4 heteroatoms. The van der Waals surface area contributed by atoms with Crippen LogP contribution in [0.1, 0.15) is 13.3 Å². The first-order chi connectivity index (χ1) is 5.10. The summed E-state index contributed by atoms with van der Waals surface area (Å²) in [6.45, 7) is 2.22. The minimum atomic E-state index is -0.769. The fraction of sp³-hybridized carbons (Fsp3) is 1.00. The number of hydrogen-bond donors (Lipinski definition) is 4. The summed E-state index contributed by atoms with van der Waals surface area (Å²) in [6.07, 6.45) is -1.01. The predicted molar refractivity (Wildman–Crippen MR) is 40.1 cm³/mol. The van der Waals surface area contributed by atoms with Gasteiger partial charge in [-0.1, -0.05) is 0 Å². The molecule has 0 aromatic rings. The molecular weight excluding hydrogens is 146 g/mol. The summed E-state index contributed by atoms with van der Waals surface area (Å²) in [5.74, 6) is 0. The lowest BCUT2D eigenvalue weighted by Gasteiger charge is -2.27. The molecule has 0 aliphatic carbocycles. The Balaban J connectivity index is 2.57. The van der Waals surface area contributed by atoms with E-state index in [0.29, 0.717) is 13.0 Å². The number of aliphatic hydroxyl groups is 3. The smallest absolute Gasteiger partial charge is 0.0990 e. The standard InChI is InChI=1S/C7H15NO3/c1-7(2-3-9)6(11)5(10)4-8-7/h5-6,8-11H,2-4H2,1H3/t5-,6-,7+/m1/s1. The van der Waals surface area contributed by atoms with Gasteiger partial charge in [0.15, 0.2) is 0 Å². The maximum atomic E-state index is 9.42. The molecule has 1 heterocycles. The Morgan fingerprint density at radius 1 is 1.55 bits per heavy atom. The van der Waals surface area contributed by atoms with E-state index in [1.165, 1.54) is 0 Å². The van der Waals surface area contributed by atoms with Crippen LogP contribution in [0, 0.1) is 0 Å². The van der Waals surface area contributed by atoms with Gasteiger partial charge in [-0.3, -0.25) is 0 Å². The fourth-order valence-electron chi connectivity index (χ4n) is 1.45. The lowest BCUT2D eigenvalue weighted by atomic mass is 9.92. The first-order valence-electron chi connectivity index (χ1n) is 3.82. The average Bonchev–Trinajstić information content (AvgIpc) is 2.19. The van der Waals surface area contributed by atoms with Crippen LogP contribution in [-0.2, 0) is 0 Å². The number of rotatable bonds is 2. The minimum absolute atomic E-state index is 0.0211. The molecule has 0 saturated carbocycles. The summed E-state index contributed by atoms with van der Waals surface area (Å²) in [7, 11) is 0. The van der Waals surface area contributed by atoms with Crippen molar-refractivity contribution < 1.29 is 15.3 Å². The van der Waals surface area contributed by atoms with E-state index in [-0.39, 0.29) is 6.61 Å². The van der Waals surface area contributed by atoms with Crippen molar-refractivity contribution in [1.82, 2.24) is 5.32 Å². The molecule has 1 rings (SSSR count). The monoisotopic (exact) mass is 161 g/mol. The van der Waals surface area contributed by atoms with E-state index in [9.17, 15) is 5.11 Å². The Labute approximate surface area is 65.9 Å². The molecule has 1 aliphatic rings.